The van der Waals surface area contributed by atoms with Gasteiger partial charge in [-0.25, -0.2) is 8.78 Å². The lowest BCUT2D eigenvalue weighted by Gasteiger charge is -2.12. The average Bonchev–Trinajstić information content (AvgIpc) is 2.43. The van der Waals surface area contributed by atoms with E-state index in [4.69, 9.17) is 12.2 Å². The number of nitrogens with one attached hydrogen (secondary N) is 2. The van der Waals surface area contributed by atoms with Gasteiger partial charge >= 0.3 is 6.36 Å². The summed E-state index contributed by atoms with van der Waals surface area (Å²) in [5.41, 5.74) is 0.609. The SMILES string of the molecule is Fc1ccc(NC(=S)Nc2ccc(OC(F)(F)F)cc2)cc1F. The van der Waals surface area contributed by atoms with E-state index in [0.29, 0.717) is 5.69 Å². The molecule has 0 atom stereocenters. The number of benzene rings is 2. The average molecular weight is 348 g/mol. The fraction of sp³-hybridized carbons (Fsp3) is 0.0714. The zero-order chi connectivity index (χ0) is 17.0. The molecule has 9 heteroatoms. The minimum Gasteiger partial charge on any atom is -0.406 e. The van der Waals surface area contributed by atoms with Crippen LogP contribution in [0.1, 0.15) is 0 Å². The zero-order valence-electron chi connectivity index (χ0n) is 11.2. The smallest absolute Gasteiger partial charge is 0.406 e. The van der Waals surface area contributed by atoms with E-state index in [1.165, 1.54) is 18.2 Å². The summed E-state index contributed by atoms with van der Waals surface area (Å²) < 4.78 is 65.7. The summed E-state index contributed by atoms with van der Waals surface area (Å²) in [6, 6.07) is 7.99. The van der Waals surface area contributed by atoms with E-state index < -0.39 is 18.0 Å². The Bertz CT molecular complexity index is 703. The molecule has 2 aromatic carbocycles. The van der Waals surface area contributed by atoms with Crippen LogP contribution in [0, 0.1) is 11.6 Å². The van der Waals surface area contributed by atoms with Gasteiger partial charge in [0.1, 0.15) is 5.75 Å². The Hall–Kier alpha value is -2.42. The summed E-state index contributed by atoms with van der Waals surface area (Å²) in [5, 5.41) is 5.35. The number of anilines is 2. The fourth-order valence-electron chi connectivity index (χ4n) is 1.61. The maximum absolute atomic E-state index is 13.1. The van der Waals surface area contributed by atoms with Crippen molar-refractivity contribution in [2.75, 3.05) is 10.6 Å². The van der Waals surface area contributed by atoms with Crippen LogP contribution in [-0.4, -0.2) is 11.5 Å². The number of rotatable bonds is 3. The molecule has 0 unspecified atom stereocenters. The van der Waals surface area contributed by atoms with Crippen molar-refractivity contribution in [1.29, 1.82) is 0 Å². The molecule has 0 aliphatic heterocycles. The lowest BCUT2D eigenvalue weighted by Crippen LogP contribution is -2.19. The highest BCUT2D eigenvalue weighted by Gasteiger charge is 2.30. The summed E-state index contributed by atoms with van der Waals surface area (Å²) in [6.07, 6.45) is -4.77. The largest absolute Gasteiger partial charge is 0.573 e. The third-order valence-corrected chi connectivity index (χ3v) is 2.73. The molecule has 3 nitrogen and oxygen atoms in total. The molecule has 0 aliphatic rings. The molecule has 0 amide bonds. The number of halogens is 5. The minimum absolute atomic E-state index is 0.0560. The number of thiocarbonyl (C=S) groups is 1. The second-order valence-corrected chi connectivity index (χ2v) is 4.69. The normalized spacial score (nSPS) is 11.0. The molecule has 2 N–H and O–H groups in total. The summed E-state index contributed by atoms with van der Waals surface area (Å²) >= 11 is 4.96. The summed E-state index contributed by atoms with van der Waals surface area (Å²) in [7, 11) is 0. The van der Waals surface area contributed by atoms with E-state index in [2.05, 4.69) is 15.4 Å². The number of alkyl halides is 3. The van der Waals surface area contributed by atoms with Crippen molar-refractivity contribution >= 4 is 28.7 Å². The first kappa shape index (κ1) is 16.9. The number of ether oxygens (including phenoxy) is 1. The van der Waals surface area contributed by atoms with Crippen molar-refractivity contribution in [3.8, 4) is 5.75 Å². The maximum Gasteiger partial charge on any atom is 0.573 e. The number of hydrogen-bond donors (Lipinski definition) is 2. The van der Waals surface area contributed by atoms with Crippen LogP contribution >= 0.6 is 12.2 Å². The Morgan fingerprint density at radius 1 is 0.870 bits per heavy atom. The molecule has 2 rings (SSSR count). The topological polar surface area (TPSA) is 33.3 Å². The van der Waals surface area contributed by atoms with Gasteiger partial charge in [0.15, 0.2) is 16.7 Å². The van der Waals surface area contributed by atoms with Crippen LogP contribution in [0.4, 0.5) is 33.3 Å². The first-order valence-electron chi connectivity index (χ1n) is 6.12. The van der Waals surface area contributed by atoms with Crippen molar-refractivity contribution in [2.24, 2.45) is 0 Å². The second kappa shape index (κ2) is 6.78. The molecule has 0 fully saturated rings. The van der Waals surface area contributed by atoms with Gasteiger partial charge in [-0.3, -0.25) is 0 Å². The van der Waals surface area contributed by atoms with Crippen molar-refractivity contribution in [3.05, 3.63) is 54.1 Å². The van der Waals surface area contributed by atoms with E-state index in [-0.39, 0.29) is 16.5 Å². The van der Waals surface area contributed by atoms with E-state index in [0.717, 1.165) is 24.3 Å². The molecule has 23 heavy (non-hydrogen) atoms. The van der Waals surface area contributed by atoms with Gasteiger partial charge in [-0.2, -0.15) is 0 Å². The molecule has 0 heterocycles. The lowest BCUT2D eigenvalue weighted by atomic mass is 10.3. The van der Waals surface area contributed by atoms with Crippen molar-refractivity contribution in [1.82, 2.24) is 0 Å². The third kappa shape index (κ3) is 5.37. The quantitative estimate of drug-likeness (QED) is 0.624. The van der Waals surface area contributed by atoms with Gasteiger partial charge in [0, 0.05) is 17.4 Å². The minimum atomic E-state index is -4.77. The maximum atomic E-state index is 13.1. The van der Waals surface area contributed by atoms with Gasteiger partial charge in [-0.05, 0) is 48.6 Å². The van der Waals surface area contributed by atoms with E-state index in [1.807, 2.05) is 0 Å². The van der Waals surface area contributed by atoms with Gasteiger partial charge in [-0.15, -0.1) is 13.2 Å². The fourth-order valence-corrected chi connectivity index (χ4v) is 1.84. The second-order valence-electron chi connectivity index (χ2n) is 4.28. The van der Waals surface area contributed by atoms with Crippen LogP contribution in [0.2, 0.25) is 0 Å². The molecule has 0 saturated heterocycles. The van der Waals surface area contributed by atoms with E-state index >= 15 is 0 Å². The Balaban J connectivity index is 1.96. The Morgan fingerprint density at radius 3 is 2.00 bits per heavy atom. The molecule has 0 bridgehead atoms. The van der Waals surface area contributed by atoms with Crippen LogP contribution in [0.3, 0.4) is 0 Å². The standard InChI is InChI=1S/C14H9F5N2OS/c15-11-6-3-9(7-12(11)16)21-13(23)20-8-1-4-10(5-2-8)22-14(17,18)19/h1-7H,(H2,20,21,23). The molecular weight excluding hydrogens is 339 g/mol. The molecule has 2 aromatic rings. The first-order valence-corrected chi connectivity index (χ1v) is 6.52. The molecule has 0 aliphatic carbocycles. The van der Waals surface area contributed by atoms with Crippen LogP contribution in [0.5, 0.6) is 5.75 Å². The zero-order valence-corrected chi connectivity index (χ0v) is 12.1. The molecule has 122 valence electrons. The van der Waals surface area contributed by atoms with Crippen LogP contribution < -0.4 is 15.4 Å². The Labute approximate surface area is 133 Å². The van der Waals surface area contributed by atoms with Gasteiger partial charge in [0.25, 0.3) is 0 Å². The van der Waals surface area contributed by atoms with Crippen LogP contribution in [0.25, 0.3) is 0 Å². The van der Waals surface area contributed by atoms with Crippen molar-refractivity contribution in [3.63, 3.8) is 0 Å². The van der Waals surface area contributed by atoms with Crippen LogP contribution in [0.15, 0.2) is 42.5 Å². The van der Waals surface area contributed by atoms with Crippen molar-refractivity contribution in [2.45, 2.75) is 6.36 Å². The molecule has 0 radical (unpaired) electrons. The highest BCUT2D eigenvalue weighted by molar-refractivity contribution is 7.80. The molecular formula is C14H9F5N2OS. The van der Waals surface area contributed by atoms with E-state index in [9.17, 15) is 22.0 Å². The van der Waals surface area contributed by atoms with Gasteiger partial charge in [0.05, 0.1) is 0 Å². The first-order chi connectivity index (χ1) is 10.7. The molecule has 0 aromatic heterocycles. The highest BCUT2D eigenvalue weighted by atomic mass is 32.1. The van der Waals surface area contributed by atoms with Crippen LogP contribution in [-0.2, 0) is 0 Å². The third-order valence-electron chi connectivity index (χ3n) is 2.52. The van der Waals surface area contributed by atoms with Gasteiger partial charge in [-0.1, -0.05) is 0 Å². The predicted molar refractivity (Wildman–Crippen MR) is 79.3 cm³/mol. The highest BCUT2D eigenvalue weighted by Crippen LogP contribution is 2.24. The predicted octanol–water partition coefficient (Wildman–Crippen LogP) is 4.67. The number of hydrogen-bond acceptors (Lipinski definition) is 2. The Morgan fingerprint density at radius 2 is 1.43 bits per heavy atom. The van der Waals surface area contributed by atoms with Gasteiger partial charge < -0.3 is 15.4 Å². The summed E-state index contributed by atoms with van der Waals surface area (Å²) in [4.78, 5) is 0. The van der Waals surface area contributed by atoms with Gasteiger partial charge in [0.2, 0.25) is 0 Å². The molecule has 0 spiro atoms. The summed E-state index contributed by atoms with van der Waals surface area (Å²) in [6.45, 7) is 0. The lowest BCUT2D eigenvalue weighted by molar-refractivity contribution is -0.274. The molecule has 0 saturated carbocycles. The van der Waals surface area contributed by atoms with E-state index in [1.54, 1.807) is 0 Å². The summed E-state index contributed by atoms with van der Waals surface area (Å²) in [5.74, 6) is -2.40. The Kier molecular flexibility index (Phi) is 4.99. The monoisotopic (exact) mass is 348 g/mol. The van der Waals surface area contributed by atoms with Crippen molar-refractivity contribution < 1.29 is 26.7 Å².